The van der Waals surface area contributed by atoms with E-state index in [2.05, 4.69) is 0 Å². The number of nitrogens with two attached hydrogens (primary N) is 1. The van der Waals surface area contributed by atoms with Crippen molar-refractivity contribution in [2.24, 2.45) is 5.73 Å². The lowest BCUT2D eigenvalue weighted by Crippen LogP contribution is -2.41. The summed E-state index contributed by atoms with van der Waals surface area (Å²) in [6.07, 6.45) is 5.80. The van der Waals surface area contributed by atoms with Crippen LogP contribution < -0.4 is 5.73 Å². The Balaban J connectivity index is 2.28. The highest BCUT2D eigenvalue weighted by atomic mass is 32.2. The van der Waals surface area contributed by atoms with Gasteiger partial charge in [0.15, 0.2) is 9.84 Å². The number of sulfone groups is 1. The second-order valence-corrected chi connectivity index (χ2v) is 7.72. The van der Waals surface area contributed by atoms with Gasteiger partial charge in [0.25, 0.3) is 0 Å². The lowest BCUT2D eigenvalue weighted by atomic mass is 9.97. The molecule has 0 aromatic heterocycles. The lowest BCUT2D eigenvalue weighted by Gasteiger charge is -2.26. The summed E-state index contributed by atoms with van der Waals surface area (Å²) in [5.74, 6) is 0. The van der Waals surface area contributed by atoms with E-state index in [1.165, 1.54) is 6.42 Å². The Bertz CT molecular complexity index is 507. The van der Waals surface area contributed by atoms with Crippen molar-refractivity contribution in [3.05, 3.63) is 29.8 Å². The number of aryl methyl sites for hydroxylation is 1. The van der Waals surface area contributed by atoms with E-state index < -0.39 is 15.1 Å². The van der Waals surface area contributed by atoms with E-state index in [0.717, 1.165) is 31.2 Å². The second-order valence-electron chi connectivity index (χ2n) is 5.55. The van der Waals surface area contributed by atoms with Crippen LogP contribution in [0, 0.1) is 6.92 Å². The van der Waals surface area contributed by atoms with Gasteiger partial charge in [-0.3, -0.25) is 0 Å². The first-order valence-corrected chi connectivity index (χ1v) is 8.62. The lowest BCUT2D eigenvalue weighted by molar-refractivity contribution is 0.444. The van der Waals surface area contributed by atoms with Crippen LogP contribution in [-0.2, 0) is 9.84 Å². The maximum absolute atomic E-state index is 12.7. The molecule has 0 heterocycles. The molecule has 0 bridgehead atoms. The molecular formula is C15H23NO2S. The molecule has 1 aliphatic carbocycles. The molecule has 0 saturated heterocycles. The third kappa shape index (κ3) is 3.37. The second kappa shape index (κ2) is 6.06. The van der Waals surface area contributed by atoms with Gasteiger partial charge in [-0.25, -0.2) is 8.42 Å². The molecule has 0 radical (unpaired) electrons. The van der Waals surface area contributed by atoms with Crippen LogP contribution in [0.25, 0.3) is 0 Å². The van der Waals surface area contributed by atoms with E-state index in [4.69, 9.17) is 5.73 Å². The number of hydrogen-bond donors (Lipinski definition) is 1. The van der Waals surface area contributed by atoms with Crippen molar-refractivity contribution in [1.82, 2.24) is 0 Å². The van der Waals surface area contributed by atoms with Gasteiger partial charge in [0.2, 0.25) is 0 Å². The van der Waals surface area contributed by atoms with Crippen LogP contribution in [0.15, 0.2) is 29.2 Å². The molecule has 106 valence electrons. The fourth-order valence-corrected chi connectivity index (χ4v) is 4.71. The molecule has 0 aliphatic heterocycles. The minimum Gasteiger partial charge on any atom is -0.327 e. The summed E-state index contributed by atoms with van der Waals surface area (Å²) < 4.78 is 25.4. The first-order chi connectivity index (χ1) is 9.01. The van der Waals surface area contributed by atoms with Crippen molar-refractivity contribution in [3.63, 3.8) is 0 Å². The summed E-state index contributed by atoms with van der Waals surface area (Å²) in [5.41, 5.74) is 7.19. The third-order valence-electron chi connectivity index (χ3n) is 4.00. The van der Waals surface area contributed by atoms with Gasteiger partial charge >= 0.3 is 0 Å². The Labute approximate surface area is 116 Å². The average molecular weight is 281 g/mol. The number of hydrogen-bond acceptors (Lipinski definition) is 3. The summed E-state index contributed by atoms with van der Waals surface area (Å²) in [4.78, 5) is 0.416. The predicted molar refractivity (Wildman–Crippen MR) is 77.8 cm³/mol. The highest BCUT2D eigenvalue weighted by Crippen LogP contribution is 2.26. The topological polar surface area (TPSA) is 60.2 Å². The third-order valence-corrected chi connectivity index (χ3v) is 6.31. The van der Waals surface area contributed by atoms with Crippen molar-refractivity contribution >= 4 is 9.84 Å². The Kier molecular flexibility index (Phi) is 4.63. The zero-order valence-corrected chi connectivity index (χ0v) is 12.3. The molecule has 2 unspecified atom stereocenters. The fourth-order valence-electron chi connectivity index (χ4n) is 2.77. The molecule has 1 aromatic carbocycles. The van der Waals surface area contributed by atoms with Gasteiger partial charge in [0.1, 0.15) is 0 Å². The Morgan fingerprint density at radius 2 is 1.58 bits per heavy atom. The molecule has 4 heteroatoms. The molecule has 1 fully saturated rings. The predicted octanol–water partition coefficient (Wildman–Crippen LogP) is 2.82. The minimum absolute atomic E-state index is 0.230. The largest absolute Gasteiger partial charge is 0.327 e. The maximum Gasteiger partial charge on any atom is 0.182 e. The molecule has 2 N–H and O–H groups in total. The van der Waals surface area contributed by atoms with Crippen molar-refractivity contribution in [2.45, 2.75) is 61.6 Å². The zero-order chi connectivity index (χ0) is 13.9. The summed E-state index contributed by atoms with van der Waals surface area (Å²) in [5, 5.41) is -0.421. The van der Waals surface area contributed by atoms with Gasteiger partial charge < -0.3 is 5.73 Å². The Morgan fingerprint density at radius 3 is 2.21 bits per heavy atom. The monoisotopic (exact) mass is 281 g/mol. The van der Waals surface area contributed by atoms with Crippen LogP contribution in [-0.4, -0.2) is 19.7 Å². The Hall–Kier alpha value is -0.870. The molecule has 1 aromatic rings. The van der Waals surface area contributed by atoms with E-state index in [1.54, 1.807) is 12.1 Å². The molecule has 2 atom stereocenters. The van der Waals surface area contributed by atoms with Gasteiger partial charge in [0, 0.05) is 6.04 Å². The van der Waals surface area contributed by atoms with Gasteiger partial charge in [-0.05, 0) is 31.9 Å². The number of rotatable bonds is 2. The van der Waals surface area contributed by atoms with E-state index >= 15 is 0 Å². The molecule has 0 amide bonds. The minimum atomic E-state index is -3.29. The van der Waals surface area contributed by atoms with Crippen LogP contribution in [0.1, 0.15) is 44.1 Å². The van der Waals surface area contributed by atoms with E-state index in [9.17, 15) is 8.42 Å². The molecular weight excluding hydrogens is 258 g/mol. The molecule has 0 spiro atoms. The van der Waals surface area contributed by atoms with Crippen LogP contribution in [0.4, 0.5) is 0 Å². The van der Waals surface area contributed by atoms with Gasteiger partial charge in [-0.2, -0.15) is 0 Å². The fraction of sp³-hybridized carbons (Fsp3) is 0.600. The van der Waals surface area contributed by atoms with Crippen LogP contribution in [0.5, 0.6) is 0 Å². The maximum atomic E-state index is 12.7. The van der Waals surface area contributed by atoms with E-state index in [-0.39, 0.29) is 6.04 Å². The normalized spacial score (nSPS) is 25.6. The summed E-state index contributed by atoms with van der Waals surface area (Å²) in [6, 6.07) is 6.88. The van der Waals surface area contributed by atoms with Gasteiger partial charge in [-0.15, -0.1) is 0 Å². The summed E-state index contributed by atoms with van der Waals surface area (Å²) in [7, 11) is -3.29. The van der Waals surface area contributed by atoms with Crippen molar-refractivity contribution in [2.75, 3.05) is 0 Å². The standard InChI is InChI=1S/C15H23NO2S/c1-12-8-10-13(11-9-12)19(17,18)15-7-5-3-2-4-6-14(15)16/h8-11,14-15H,2-7,16H2,1H3. The zero-order valence-electron chi connectivity index (χ0n) is 11.5. The average Bonchev–Trinajstić information content (AvgIpc) is 2.34. The van der Waals surface area contributed by atoms with Crippen molar-refractivity contribution in [1.29, 1.82) is 0 Å². The summed E-state index contributed by atoms with van der Waals surface area (Å²) >= 11 is 0. The molecule has 3 nitrogen and oxygen atoms in total. The molecule has 1 saturated carbocycles. The smallest absolute Gasteiger partial charge is 0.182 e. The van der Waals surface area contributed by atoms with Gasteiger partial charge in [0.05, 0.1) is 10.1 Å². The van der Waals surface area contributed by atoms with E-state index in [1.807, 2.05) is 19.1 Å². The first kappa shape index (κ1) is 14.5. The summed E-state index contributed by atoms with van der Waals surface area (Å²) in [6.45, 7) is 1.96. The highest BCUT2D eigenvalue weighted by molar-refractivity contribution is 7.92. The van der Waals surface area contributed by atoms with Crippen molar-refractivity contribution in [3.8, 4) is 0 Å². The Morgan fingerprint density at radius 1 is 1.00 bits per heavy atom. The van der Waals surface area contributed by atoms with Crippen LogP contribution >= 0.6 is 0 Å². The van der Waals surface area contributed by atoms with Crippen LogP contribution in [0.2, 0.25) is 0 Å². The van der Waals surface area contributed by atoms with Gasteiger partial charge in [-0.1, -0.05) is 43.4 Å². The number of benzene rings is 1. The molecule has 1 aliphatic rings. The molecule has 19 heavy (non-hydrogen) atoms. The van der Waals surface area contributed by atoms with E-state index in [0.29, 0.717) is 11.3 Å². The molecule has 2 rings (SSSR count). The van der Waals surface area contributed by atoms with Crippen molar-refractivity contribution < 1.29 is 8.42 Å². The quantitative estimate of drug-likeness (QED) is 0.906. The van der Waals surface area contributed by atoms with Crippen LogP contribution in [0.3, 0.4) is 0 Å². The first-order valence-electron chi connectivity index (χ1n) is 7.08. The highest BCUT2D eigenvalue weighted by Gasteiger charge is 2.32. The SMILES string of the molecule is Cc1ccc(S(=O)(=O)C2CCCCCCC2N)cc1.